The zero-order valence-electron chi connectivity index (χ0n) is 17.9. The minimum absolute atomic E-state index is 0.0436. The van der Waals surface area contributed by atoms with Gasteiger partial charge in [0.15, 0.2) is 0 Å². The van der Waals surface area contributed by atoms with E-state index in [1.165, 1.54) is 17.7 Å². The molecule has 1 aromatic rings. The van der Waals surface area contributed by atoms with Crippen LogP contribution in [0, 0.1) is 5.92 Å². The Morgan fingerprint density at radius 2 is 1.67 bits per heavy atom. The van der Waals surface area contributed by atoms with Crippen molar-refractivity contribution in [2.45, 2.75) is 38.6 Å². The van der Waals surface area contributed by atoms with Crippen LogP contribution in [0.2, 0.25) is 0 Å². The zero-order chi connectivity index (χ0) is 21.8. The second-order valence-electron chi connectivity index (χ2n) is 7.97. The number of amides is 2. The van der Waals surface area contributed by atoms with Gasteiger partial charge >= 0.3 is 11.8 Å². The summed E-state index contributed by atoms with van der Waals surface area (Å²) in [6, 6.07) is 1.54. The lowest BCUT2D eigenvalue weighted by Crippen LogP contribution is -2.49. The summed E-state index contributed by atoms with van der Waals surface area (Å²) in [4.78, 5) is 52.3. The number of piperidine rings is 2. The van der Waals surface area contributed by atoms with Gasteiger partial charge in [0.25, 0.3) is 5.56 Å². The van der Waals surface area contributed by atoms with Crippen LogP contribution in [0.4, 0.5) is 10.6 Å². The summed E-state index contributed by atoms with van der Waals surface area (Å²) in [5, 5.41) is 3.13. The molecule has 2 saturated heterocycles. The smallest absolute Gasteiger partial charge is 0.409 e. The third-order valence-electron chi connectivity index (χ3n) is 6.06. The Kier molecular flexibility index (Phi) is 6.84. The van der Waals surface area contributed by atoms with Gasteiger partial charge in [-0.25, -0.2) is 9.59 Å². The van der Waals surface area contributed by atoms with Crippen molar-refractivity contribution in [2.24, 2.45) is 20.0 Å². The Balaban J connectivity index is 1.50. The van der Waals surface area contributed by atoms with Crippen LogP contribution in [0.25, 0.3) is 0 Å². The number of nitrogens with zero attached hydrogens (tertiary/aromatic N) is 4. The zero-order valence-corrected chi connectivity index (χ0v) is 17.9. The Morgan fingerprint density at radius 3 is 2.27 bits per heavy atom. The van der Waals surface area contributed by atoms with Gasteiger partial charge < -0.3 is 19.9 Å². The fourth-order valence-corrected chi connectivity index (χ4v) is 4.14. The predicted molar refractivity (Wildman–Crippen MR) is 112 cm³/mol. The van der Waals surface area contributed by atoms with Crippen LogP contribution >= 0.6 is 0 Å². The molecule has 0 atom stereocenters. The van der Waals surface area contributed by atoms with E-state index in [-0.39, 0.29) is 35.2 Å². The third-order valence-corrected chi connectivity index (χ3v) is 6.06. The minimum atomic E-state index is -0.355. The number of rotatable bonds is 4. The SMILES string of the molecule is CCOC(=O)N1CCC(NC(=O)C2CCN(c3cc(=O)n(C)c(=O)n3C)CC2)CC1. The van der Waals surface area contributed by atoms with Gasteiger partial charge in [-0.15, -0.1) is 0 Å². The highest BCUT2D eigenvalue weighted by atomic mass is 16.6. The predicted octanol–water partition coefficient (Wildman–Crippen LogP) is 0.0375. The Labute approximate surface area is 175 Å². The first-order chi connectivity index (χ1) is 14.3. The summed E-state index contributed by atoms with van der Waals surface area (Å²) >= 11 is 0. The molecule has 3 heterocycles. The number of carbonyl (C=O) groups is 2. The highest BCUT2D eigenvalue weighted by molar-refractivity contribution is 5.79. The Bertz CT molecular complexity index is 892. The van der Waals surface area contributed by atoms with Crippen LogP contribution in [0.15, 0.2) is 15.7 Å². The molecule has 0 unspecified atom stereocenters. The summed E-state index contributed by atoms with van der Waals surface area (Å²) in [7, 11) is 3.11. The van der Waals surface area contributed by atoms with E-state index >= 15 is 0 Å². The van der Waals surface area contributed by atoms with E-state index < -0.39 is 0 Å². The summed E-state index contributed by atoms with van der Waals surface area (Å²) in [6.45, 7) is 4.53. The molecule has 10 nitrogen and oxygen atoms in total. The normalized spacial score (nSPS) is 18.4. The third kappa shape index (κ3) is 4.68. The topological polar surface area (TPSA) is 106 Å². The molecule has 30 heavy (non-hydrogen) atoms. The van der Waals surface area contributed by atoms with Crippen LogP contribution in [0.5, 0.6) is 0 Å². The monoisotopic (exact) mass is 421 g/mol. The van der Waals surface area contributed by atoms with E-state index in [1.807, 2.05) is 4.90 Å². The van der Waals surface area contributed by atoms with E-state index in [4.69, 9.17) is 4.74 Å². The minimum Gasteiger partial charge on any atom is -0.450 e. The van der Waals surface area contributed by atoms with Gasteiger partial charge in [0, 0.05) is 58.3 Å². The lowest BCUT2D eigenvalue weighted by Gasteiger charge is -2.35. The number of anilines is 1. The maximum atomic E-state index is 12.7. The number of aromatic nitrogens is 2. The molecular formula is C20H31N5O5. The summed E-state index contributed by atoms with van der Waals surface area (Å²) < 4.78 is 7.57. The number of carbonyl (C=O) groups excluding carboxylic acids is 2. The van der Waals surface area contributed by atoms with Crippen molar-refractivity contribution < 1.29 is 14.3 Å². The maximum Gasteiger partial charge on any atom is 0.409 e. The number of likely N-dealkylation sites (tertiary alicyclic amines) is 1. The van der Waals surface area contributed by atoms with Gasteiger partial charge in [0.1, 0.15) is 5.82 Å². The number of hydrogen-bond acceptors (Lipinski definition) is 6. The van der Waals surface area contributed by atoms with Crippen molar-refractivity contribution in [2.75, 3.05) is 37.7 Å². The van der Waals surface area contributed by atoms with Gasteiger partial charge in [-0.05, 0) is 32.6 Å². The first-order valence-corrected chi connectivity index (χ1v) is 10.6. The lowest BCUT2D eigenvalue weighted by atomic mass is 9.94. The molecule has 0 saturated carbocycles. The van der Waals surface area contributed by atoms with E-state index in [9.17, 15) is 19.2 Å². The second kappa shape index (κ2) is 9.36. The van der Waals surface area contributed by atoms with Crippen LogP contribution in [0.1, 0.15) is 32.6 Å². The summed E-state index contributed by atoms with van der Waals surface area (Å²) in [5.41, 5.74) is -0.686. The quantitative estimate of drug-likeness (QED) is 0.736. The molecule has 166 valence electrons. The molecule has 10 heteroatoms. The van der Waals surface area contributed by atoms with Crippen molar-refractivity contribution in [1.29, 1.82) is 0 Å². The van der Waals surface area contributed by atoms with Crippen LogP contribution in [-0.4, -0.2) is 64.9 Å². The molecule has 0 spiro atoms. The van der Waals surface area contributed by atoms with Gasteiger partial charge in [0.2, 0.25) is 5.91 Å². The molecule has 0 radical (unpaired) electrons. The molecule has 2 aliphatic rings. The molecule has 0 aliphatic carbocycles. The average Bonchev–Trinajstić information content (AvgIpc) is 2.75. The highest BCUT2D eigenvalue weighted by Crippen LogP contribution is 2.22. The van der Waals surface area contributed by atoms with E-state index in [1.54, 1.807) is 18.9 Å². The second-order valence-corrected chi connectivity index (χ2v) is 7.97. The van der Waals surface area contributed by atoms with Crippen LogP contribution < -0.4 is 21.5 Å². The van der Waals surface area contributed by atoms with Crippen molar-refractivity contribution in [3.05, 3.63) is 26.9 Å². The molecule has 0 bridgehead atoms. The van der Waals surface area contributed by atoms with E-state index in [0.717, 1.165) is 17.4 Å². The van der Waals surface area contributed by atoms with Gasteiger partial charge in [0.05, 0.1) is 6.61 Å². The van der Waals surface area contributed by atoms with Crippen molar-refractivity contribution in [1.82, 2.24) is 19.4 Å². The van der Waals surface area contributed by atoms with E-state index in [2.05, 4.69) is 5.32 Å². The molecule has 0 aromatic carbocycles. The highest BCUT2D eigenvalue weighted by Gasteiger charge is 2.30. The molecule has 2 amide bonds. The number of hydrogen-bond donors (Lipinski definition) is 1. The largest absolute Gasteiger partial charge is 0.450 e. The van der Waals surface area contributed by atoms with Crippen LogP contribution in [0.3, 0.4) is 0 Å². The maximum absolute atomic E-state index is 12.7. The molecule has 1 aromatic heterocycles. The fourth-order valence-electron chi connectivity index (χ4n) is 4.14. The molecule has 3 rings (SSSR count). The Morgan fingerprint density at radius 1 is 1.03 bits per heavy atom. The summed E-state index contributed by atoms with van der Waals surface area (Å²) in [5.74, 6) is 0.545. The van der Waals surface area contributed by atoms with Gasteiger partial charge in [-0.1, -0.05) is 0 Å². The van der Waals surface area contributed by atoms with E-state index in [0.29, 0.717) is 51.4 Å². The average molecular weight is 421 g/mol. The first kappa shape index (κ1) is 21.9. The summed E-state index contributed by atoms with van der Waals surface area (Å²) in [6.07, 6.45) is 2.48. The van der Waals surface area contributed by atoms with Crippen molar-refractivity contribution in [3.8, 4) is 0 Å². The molecule has 1 N–H and O–H groups in total. The molecule has 2 aliphatic heterocycles. The molecule has 2 fully saturated rings. The Hall–Kier alpha value is -2.78. The van der Waals surface area contributed by atoms with Gasteiger partial charge in [-0.2, -0.15) is 0 Å². The first-order valence-electron chi connectivity index (χ1n) is 10.6. The van der Waals surface area contributed by atoms with Crippen molar-refractivity contribution >= 4 is 17.8 Å². The van der Waals surface area contributed by atoms with Gasteiger partial charge in [-0.3, -0.25) is 18.7 Å². The van der Waals surface area contributed by atoms with Crippen molar-refractivity contribution in [3.63, 3.8) is 0 Å². The number of nitrogens with one attached hydrogen (secondary N) is 1. The lowest BCUT2D eigenvalue weighted by molar-refractivity contribution is -0.126. The fraction of sp³-hybridized carbons (Fsp3) is 0.700. The number of ether oxygens (including phenoxy) is 1. The standard InChI is InChI=1S/C20H31N5O5/c1-4-30-20(29)25-11-7-15(8-12-25)21-18(27)14-5-9-24(10-6-14)16-13-17(26)23(3)19(28)22(16)2/h13-15H,4-12H2,1-3H3,(H,21,27). The molecular weight excluding hydrogens is 390 g/mol. The van der Waals surface area contributed by atoms with Crippen LogP contribution in [-0.2, 0) is 23.6 Å².